The Morgan fingerprint density at radius 1 is 0.955 bits per heavy atom. The van der Waals surface area contributed by atoms with E-state index in [9.17, 15) is 9.59 Å². The summed E-state index contributed by atoms with van der Waals surface area (Å²) < 4.78 is 13.0. The highest BCUT2D eigenvalue weighted by molar-refractivity contribution is 5.95. The number of carbonyl (C=O) groups excluding carboxylic acids is 2. The maximum atomic E-state index is 13.7. The Hall–Kier alpha value is -3.85. The number of nitrogens with one attached hydrogen (secondary N) is 1. The van der Waals surface area contributed by atoms with Crippen molar-refractivity contribution in [2.45, 2.75) is 71.4 Å². The summed E-state index contributed by atoms with van der Waals surface area (Å²) in [5.74, 6) is 1.38. The Morgan fingerprint density at radius 3 is 2.30 bits per heavy atom. The van der Waals surface area contributed by atoms with Crippen molar-refractivity contribution in [3.05, 3.63) is 77.1 Å². The zero-order chi connectivity index (χ0) is 31.3. The largest absolute Gasteiger partial charge is 0.496 e. The van der Waals surface area contributed by atoms with Gasteiger partial charge in [-0.05, 0) is 90.6 Å². The second kappa shape index (κ2) is 13.8. The van der Waals surface area contributed by atoms with Crippen LogP contribution in [0.15, 0.2) is 54.7 Å². The fraction of sp³-hybridized carbons (Fsp3) is 0.514. The standard InChI is InChI=1S/C35H47N5O4/c1-25-10-12-29(13-11-25)40-32(27-16-20-39(21-17-27)34(42)44-35(2,3)4)30(23-37-40)33(41)36-22-26-14-18-38(19-15-26)24-28-8-6-7-9-31(28)43-5/h6-13,23,26-27H,14-22,24H2,1-5H3,(H,36,41). The van der Waals surface area contributed by atoms with Crippen molar-refractivity contribution >= 4 is 12.0 Å². The van der Waals surface area contributed by atoms with Gasteiger partial charge in [-0.2, -0.15) is 5.10 Å². The van der Waals surface area contributed by atoms with E-state index in [1.807, 2.05) is 49.7 Å². The maximum absolute atomic E-state index is 13.7. The Balaban J connectivity index is 1.23. The summed E-state index contributed by atoms with van der Waals surface area (Å²) in [6, 6.07) is 16.4. The molecule has 0 radical (unpaired) electrons. The molecule has 0 saturated carbocycles. The van der Waals surface area contributed by atoms with Crippen LogP contribution in [0.2, 0.25) is 0 Å². The molecule has 2 aromatic carbocycles. The van der Waals surface area contributed by atoms with Gasteiger partial charge in [-0.25, -0.2) is 9.48 Å². The molecule has 3 aromatic rings. The van der Waals surface area contributed by atoms with E-state index >= 15 is 0 Å². The number of likely N-dealkylation sites (tertiary alicyclic amines) is 2. The van der Waals surface area contributed by atoms with E-state index < -0.39 is 5.60 Å². The summed E-state index contributed by atoms with van der Waals surface area (Å²) >= 11 is 0. The first-order valence-electron chi connectivity index (χ1n) is 15.9. The first kappa shape index (κ1) is 31.6. The van der Waals surface area contributed by atoms with Gasteiger partial charge in [0.25, 0.3) is 5.91 Å². The van der Waals surface area contributed by atoms with Crippen LogP contribution in [0.4, 0.5) is 4.79 Å². The second-order valence-electron chi connectivity index (χ2n) is 13.2. The van der Waals surface area contributed by atoms with Crippen molar-refractivity contribution in [3.63, 3.8) is 0 Å². The summed E-state index contributed by atoms with van der Waals surface area (Å²) in [7, 11) is 1.72. The SMILES string of the molecule is COc1ccccc1CN1CCC(CNC(=O)c2cnn(-c3ccc(C)cc3)c2C2CCN(C(=O)OC(C)(C)C)CC2)CC1. The fourth-order valence-corrected chi connectivity index (χ4v) is 6.23. The zero-order valence-electron chi connectivity index (χ0n) is 26.8. The highest BCUT2D eigenvalue weighted by Gasteiger charge is 2.32. The Morgan fingerprint density at radius 2 is 1.64 bits per heavy atom. The van der Waals surface area contributed by atoms with Crippen LogP contribution >= 0.6 is 0 Å². The molecule has 0 bridgehead atoms. The quantitative estimate of drug-likeness (QED) is 0.344. The van der Waals surface area contributed by atoms with Crippen LogP contribution in [0.1, 0.15) is 79.6 Å². The van der Waals surface area contributed by atoms with Crippen LogP contribution in [-0.4, -0.2) is 77.0 Å². The van der Waals surface area contributed by atoms with E-state index in [2.05, 4.69) is 41.4 Å². The smallest absolute Gasteiger partial charge is 0.410 e. The van der Waals surface area contributed by atoms with Crippen LogP contribution in [0.5, 0.6) is 5.75 Å². The lowest BCUT2D eigenvalue weighted by Crippen LogP contribution is -2.42. The number of benzene rings is 2. The molecule has 2 aliphatic rings. The molecule has 9 nitrogen and oxygen atoms in total. The molecule has 44 heavy (non-hydrogen) atoms. The van der Waals surface area contributed by atoms with Crippen LogP contribution < -0.4 is 10.1 Å². The number of para-hydroxylation sites is 1. The predicted molar refractivity (Wildman–Crippen MR) is 171 cm³/mol. The Labute approximate surface area is 261 Å². The normalized spacial score (nSPS) is 17.0. The number of hydrogen-bond acceptors (Lipinski definition) is 6. The fourth-order valence-electron chi connectivity index (χ4n) is 6.23. The number of amides is 2. The van der Waals surface area contributed by atoms with E-state index in [4.69, 9.17) is 14.6 Å². The number of carbonyl (C=O) groups is 2. The van der Waals surface area contributed by atoms with Crippen LogP contribution in [-0.2, 0) is 11.3 Å². The molecule has 2 fully saturated rings. The van der Waals surface area contributed by atoms with Gasteiger partial charge in [0, 0.05) is 37.7 Å². The van der Waals surface area contributed by atoms with Gasteiger partial charge in [0.05, 0.1) is 30.3 Å². The lowest BCUT2D eigenvalue weighted by atomic mass is 9.90. The van der Waals surface area contributed by atoms with Crippen molar-refractivity contribution in [1.29, 1.82) is 0 Å². The average Bonchev–Trinajstić information content (AvgIpc) is 3.46. The number of methoxy groups -OCH3 is 1. The molecule has 1 aromatic heterocycles. The summed E-state index contributed by atoms with van der Waals surface area (Å²) in [6.07, 6.45) is 4.97. The number of nitrogens with zero attached hydrogens (tertiary/aromatic N) is 4. The Bertz CT molecular complexity index is 1410. The summed E-state index contributed by atoms with van der Waals surface area (Å²) in [5, 5.41) is 7.95. The number of aromatic nitrogens is 2. The molecule has 0 spiro atoms. The molecule has 5 rings (SSSR count). The van der Waals surface area contributed by atoms with Gasteiger partial charge in [-0.15, -0.1) is 0 Å². The molecule has 0 atom stereocenters. The zero-order valence-corrected chi connectivity index (χ0v) is 26.8. The number of rotatable bonds is 8. The number of ether oxygens (including phenoxy) is 2. The molecule has 0 unspecified atom stereocenters. The van der Waals surface area contributed by atoms with Gasteiger partial charge in [0.15, 0.2) is 0 Å². The summed E-state index contributed by atoms with van der Waals surface area (Å²) in [6.45, 7) is 12.4. The average molecular weight is 602 g/mol. The lowest BCUT2D eigenvalue weighted by Gasteiger charge is -2.34. The van der Waals surface area contributed by atoms with Crippen molar-refractivity contribution in [3.8, 4) is 11.4 Å². The molecule has 2 saturated heterocycles. The summed E-state index contributed by atoms with van der Waals surface area (Å²) in [4.78, 5) is 30.6. The van der Waals surface area contributed by atoms with Crippen molar-refractivity contribution in [2.75, 3.05) is 39.8 Å². The third-order valence-corrected chi connectivity index (χ3v) is 8.71. The van der Waals surface area contributed by atoms with Gasteiger partial charge < -0.3 is 19.7 Å². The topological polar surface area (TPSA) is 88.9 Å². The van der Waals surface area contributed by atoms with E-state index in [1.165, 1.54) is 11.1 Å². The van der Waals surface area contributed by atoms with E-state index in [1.54, 1.807) is 18.2 Å². The van der Waals surface area contributed by atoms with E-state index in [-0.39, 0.29) is 17.9 Å². The molecular formula is C35H47N5O4. The van der Waals surface area contributed by atoms with Crippen molar-refractivity contribution in [1.82, 2.24) is 24.9 Å². The van der Waals surface area contributed by atoms with Gasteiger partial charge in [-0.3, -0.25) is 9.69 Å². The molecule has 236 valence electrons. The van der Waals surface area contributed by atoms with Gasteiger partial charge in [0.2, 0.25) is 0 Å². The summed E-state index contributed by atoms with van der Waals surface area (Å²) in [5.41, 5.74) is 4.31. The van der Waals surface area contributed by atoms with Crippen LogP contribution in [0, 0.1) is 12.8 Å². The first-order valence-corrected chi connectivity index (χ1v) is 15.9. The Kier molecular flexibility index (Phi) is 9.93. The molecule has 2 amide bonds. The number of hydrogen-bond donors (Lipinski definition) is 1. The van der Waals surface area contributed by atoms with Gasteiger partial charge in [0.1, 0.15) is 11.4 Å². The maximum Gasteiger partial charge on any atom is 0.410 e. The first-order chi connectivity index (χ1) is 21.1. The lowest BCUT2D eigenvalue weighted by molar-refractivity contribution is 0.0203. The highest BCUT2D eigenvalue weighted by atomic mass is 16.6. The molecular weight excluding hydrogens is 554 g/mol. The van der Waals surface area contributed by atoms with Crippen molar-refractivity contribution < 1.29 is 19.1 Å². The third-order valence-electron chi connectivity index (χ3n) is 8.71. The predicted octanol–water partition coefficient (Wildman–Crippen LogP) is 5.95. The van der Waals surface area contributed by atoms with Gasteiger partial charge >= 0.3 is 6.09 Å². The van der Waals surface area contributed by atoms with Crippen LogP contribution in [0.25, 0.3) is 5.69 Å². The number of aryl methyl sites for hydroxylation is 1. The van der Waals surface area contributed by atoms with Crippen molar-refractivity contribution in [2.24, 2.45) is 5.92 Å². The second-order valence-corrected chi connectivity index (χ2v) is 13.2. The van der Waals surface area contributed by atoms with E-state index in [0.717, 1.165) is 62.4 Å². The van der Waals surface area contributed by atoms with E-state index in [0.29, 0.717) is 31.1 Å². The minimum atomic E-state index is -0.532. The van der Waals surface area contributed by atoms with Crippen LogP contribution in [0.3, 0.4) is 0 Å². The molecule has 2 aliphatic heterocycles. The monoisotopic (exact) mass is 601 g/mol. The van der Waals surface area contributed by atoms with Gasteiger partial charge in [-0.1, -0.05) is 35.9 Å². The highest BCUT2D eigenvalue weighted by Crippen LogP contribution is 2.33. The molecule has 3 heterocycles. The minimum Gasteiger partial charge on any atom is -0.496 e. The number of piperidine rings is 2. The third kappa shape index (κ3) is 7.80. The molecule has 1 N–H and O–H groups in total. The minimum absolute atomic E-state index is 0.0793. The molecule has 9 heteroatoms. The molecule has 0 aliphatic carbocycles.